The number of rotatable bonds is 5. The second-order valence-corrected chi connectivity index (χ2v) is 5.29. The van der Waals surface area contributed by atoms with Crippen molar-refractivity contribution < 1.29 is 18.7 Å². The van der Waals surface area contributed by atoms with Gasteiger partial charge < -0.3 is 19.3 Å². The SMILES string of the molecule is C[C@H](C[C@H](O)c1ccco1)NC(=O)c1coc2ccccc12. The molecular weight excluding hydrogens is 282 g/mol. The summed E-state index contributed by atoms with van der Waals surface area (Å²) in [5.41, 5.74) is 1.17. The van der Waals surface area contributed by atoms with Crippen LogP contribution in [0.5, 0.6) is 0 Å². The van der Waals surface area contributed by atoms with Crippen LogP contribution in [-0.4, -0.2) is 17.1 Å². The largest absolute Gasteiger partial charge is 0.467 e. The molecule has 22 heavy (non-hydrogen) atoms. The number of hydrogen-bond donors (Lipinski definition) is 2. The molecule has 2 N–H and O–H groups in total. The van der Waals surface area contributed by atoms with Gasteiger partial charge in [0.15, 0.2) is 0 Å². The number of fused-ring (bicyclic) bond motifs is 1. The standard InChI is InChI=1S/C17H17NO4/c1-11(9-14(19)16-7-4-8-21-16)18-17(20)13-10-22-15-6-3-2-5-12(13)15/h2-8,10-11,14,19H,9H2,1H3,(H,18,20)/t11-,14+/m1/s1. The van der Waals surface area contributed by atoms with Crippen LogP contribution in [0, 0.1) is 0 Å². The molecule has 2 aromatic heterocycles. The van der Waals surface area contributed by atoms with Crippen molar-refractivity contribution in [1.82, 2.24) is 5.32 Å². The maximum absolute atomic E-state index is 12.3. The fraction of sp³-hybridized carbons (Fsp3) is 0.235. The lowest BCUT2D eigenvalue weighted by Gasteiger charge is -2.16. The van der Waals surface area contributed by atoms with E-state index >= 15 is 0 Å². The lowest BCUT2D eigenvalue weighted by atomic mass is 10.1. The zero-order valence-corrected chi connectivity index (χ0v) is 12.2. The smallest absolute Gasteiger partial charge is 0.255 e. The number of nitrogens with one attached hydrogen (secondary N) is 1. The number of para-hydroxylation sites is 1. The number of carbonyl (C=O) groups excluding carboxylic acids is 1. The van der Waals surface area contributed by atoms with Gasteiger partial charge in [-0.1, -0.05) is 18.2 Å². The maximum Gasteiger partial charge on any atom is 0.255 e. The number of furan rings is 2. The van der Waals surface area contributed by atoms with Crippen LogP contribution in [-0.2, 0) is 0 Å². The van der Waals surface area contributed by atoms with Crippen molar-refractivity contribution >= 4 is 16.9 Å². The van der Waals surface area contributed by atoms with E-state index < -0.39 is 6.10 Å². The van der Waals surface area contributed by atoms with Gasteiger partial charge in [0.05, 0.1) is 11.8 Å². The number of hydrogen-bond acceptors (Lipinski definition) is 4. The van der Waals surface area contributed by atoms with Crippen molar-refractivity contribution in [3.63, 3.8) is 0 Å². The summed E-state index contributed by atoms with van der Waals surface area (Å²) in [6, 6.07) is 10.6. The topological polar surface area (TPSA) is 75.6 Å². The van der Waals surface area contributed by atoms with Crippen molar-refractivity contribution in [2.45, 2.75) is 25.5 Å². The molecule has 0 aliphatic carbocycles. The molecule has 114 valence electrons. The first-order valence-corrected chi connectivity index (χ1v) is 7.13. The van der Waals surface area contributed by atoms with Crippen LogP contribution in [0.25, 0.3) is 11.0 Å². The summed E-state index contributed by atoms with van der Waals surface area (Å²) in [5.74, 6) is 0.277. The van der Waals surface area contributed by atoms with Gasteiger partial charge in [0.2, 0.25) is 0 Å². The van der Waals surface area contributed by atoms with Gasteiger partial charge in [0, 0.05) is 17.8 Å². The van der Waals surface area contributed by atoms with Gasteiger partial charge in [-0.15, -0.1) is 0 Å². The van der Waals surface area contributed by atoms with E-state index in [2.05, 4.69) is 5.32 Å². The van der Waals surface area contributed by atoms with Crippen LogP contribution in [0.3, 0.4) is 0 Å². The Morgan fingerprint density at radius 1 is 1.23 bits per heavy atom. The van der Waals surface area contributed by atoms with Gasteiger partial charge in [-0.25, -0.2) is 0 Å². The molecule has 0 fully saturated rings. The van der Waals surface area contributed by atoms with Gasteiger partial charge in [-0.2, -0.15) is 0 Å². The second-order valence-electron chi connectivity index (χ2n) is 5.29. The molecule has 3 rings (SSSR count). The van der Waals surface area contributed by atoms with Gasteiger partial charge in [-0.05, 0) is 25.1 Å². The molecule has 2 heterocycles. The summed E-state index contributed by atoms with van der Waals surface area (Å²) >= 11 is 0. The van der Waals surface area contributed by atoms with Crippen LogP contribution >= 0.6 is 0 Å². The Balaban J connectivity index is 1.66. The predicted octanol–water partition coefficient (Wildman–Crippen LogP) is 3.27. The quantitative estimate of drug-likeness (QED) is 0.758. The van der Waals surface area contributed by atoms with E-state index in [0.29, 0.717) is 23.3 Å². The third-order valence-corrected chi connectivity index (χ3v) is 3.55. The molecule has 5 heteroatoms. The normalized spacial score (nSPS) is 13.9. The molecule has 5 nitrogen and oxygen atoms in total. The summed E-state index contributed by atoms with van der Waals surface area (Å²) in [5, 5.41) is 13.7. The predicted molar refractivity (Wildman–Crippen MR) is 81.4 cm³/mol. The first-order chi connectivity index (χ1) is 10.6. The Kier molecular flexibility index (Phi) is 3.98. The van der Waals surface area contributed by atoms with Crippen molar-refractivity contribution in [3.05, 3.63) is 60.2 Å². The van der Waals surface area contributed by atoms with Crippen LogP contribution in [0.1, 0.15) is 35.6 Å². The number of aliphatic hydroxyl groups is 1. The molecule has 0 aliphatic rings. The summed E-state index contributed by atoms with van der Waals surface area (Å²) in [6.07, 6.45) is 2.59. The van der Waals surface area contributed by atoms with E-state index in [1.54, 1.807) is 12.1 Å². The fourth-order valence-corrected chi connectivity index (χ4v) is 2.45. The Morgan fingerprint density at radius 3 is 2.82 bits per heavy atom. The van der Waals surface area contributed by atoms with E-state index in [-0.39, 0.29) is 11.9 Å². The maximum atomic E-state index is 12.3. The van der Waals surface area contributed by atoms with E-state index in [0.717, 1.165) is 5.39 Å². The molecule has 0 aliphatic heterocycles. The molecule has 0 saturated carbocycles. The first kappa shape index (κ1) is 14.4. The van der Waals surface area contributed by atoms with Crippen molar-refractivity contribution in [3.8, 4) is 0 Å². The summed E-state index contributed by atoms with van der Waals surface area (Å²) in [6.45, 7) is 1.84. The molecule has 0 unspecified atom stereocenters. The highest BCUT2D eigenvalue weighted by molar-refractivity contribution is 6.05. The highest BCUT2D eigenvalue weighted by atomic mass is 16.4. The van der Waals surface area contributed by atoms with Crippen LogP contribution in [0.4, 0.5) is 0 Å². The van der Waals surface area contributed by atoms with E-state index in [4.69, 9.17) is 8.83 Å². The molecule has 1 amide bonds. The molecule has 0 radical (unpaired) electrons. The molecule has 2 atom stereocenters. The highest BCUT2D eigenvalue weighted by Gasteiger charge is 2.19. The number of benzene rings is 1. The minimum absolute atomic E-state index is 0.207. The van der Waals surface area contributed by atoms with E-state index in [1.165, 1.54) is 12.5 Å². The van der Waals surface area contributed by atoms with E-state index in [9.17, 15) is 9.90 Å². The Labute approximate surface area is 127 Å². The van der Waals surface area contributed by atoms with Gasteiger partial charge in [0.1, 0.15) is 23.7 Å². The molecule has 0 spiro atoms. The minimum Gasteiger partial charge on any atom is -0.467 e. The second kappa shape index (κ2) is 6.07. The Bertz CT molecular complexity index is 760. The Morgan fingerprint density at radius 2 is 2.05 bits per heavy atom. The van der Waals surface area contributed by atoms with Gasteiger partial charge in [-0.3, -0.25) is 4.79 Å². The fourth-order valence-electron chi connectivity index (χ4n) is 2.45. The summed E-state index contributed by atoms with van der Waals surface area (Å²) in [4.78, 5) is 12.3. The van der Waals surface area contributed by atoms with E-state index in [1.807, 2.05) is 31.2 Å². The minimum atomic E-state index is -0.744. The van der Waals surface area contributed by atoms with Crippen molar-refractivity contribution in [1.29, 1.82) is 0 Å². The monoisotopic (exact) mass is 299 g/mol. The average molecular weight is 299 g/mol. The Hall–Kier alpha value is -2.53. The zero-order valence-electron chi connectivity index (χ0n) is 12.2. The zero-order chi connectivity index (χ0) is 15.5. The molecule has 1 aromatic carbocycles. The number of carbonyl (C=O) groups is 1. The number of aliphatic hydroxyl groups excluding tert-OH is 1. The molecular formula is C17H17NO4. The number of amides is 1. The summed E-state index contributed by atoms with van der Waals surface area (Å²) in [7, 11) is 0. The van der Waals surface area contributed by atoms with Crippen molar-refractivity contribution in [2.75, 3.05) is 0 Å². The first-order valence-electron chi connectivity index (χ1n) is 7.13. The third kappa shape index (κ3) is 2.89. The van der Waals surface area contributed by atoms with Crippen LogP contribution < -0.4 is 5.32 Å². The highest BCUT2D eigenvalue weighted by Crippen LogP contribution is 2.22. The van der Waals surface area contributed by atoms with Crippen LogP contribution in [0.2, 0.25) is 0 Å². The van der Waals surface area contributed by atoms with Crippen LogP contribution in [0.15, 0.2) is 57.8 Å². The summed E-state index contributed by atoms with van der Waals surface area (Å²) < 4.78 is 10.5. The molecule has 3 aromatic rings. The van der Waals surface area contributed by atoms with Crippen molar-refractivity contribution in [2.24, 2.45) is 0 Å². The molecule has 0 saturated heterocycles. The lowest BCUT2D eigenvalue weighted by molar-refractivity contribution is 0.0904. The van der Waals surface area contributed by atoms with Gasteiger partial charge in [0.25, 0.3) is 5.91 Å². The third-order valence-electron chi connectivity index (χ3n) is 3.55. The average Bonchev–Trinajstić information content (AvgIpc) is 3.16. The lowest BCUT2D eigenvalue weighted by Crippen LogP contribution is -2.33. The molecule has 0 bridgehead atoms. The van der Waals surface area contributed by atoms with Gasteiger partial charge >= 0.3 is 0 Å².